The van der Waals surface area contributed by atoms with Gasteiger partial charge in [-0.3, -0.25) is 14.9 Å². The summed E-state index contributed by atoms with van der Waals surface area (Å²) in [6.07, 6.45) is -1.72. The quantitative estimate of drug-likeness (QED) is 0.183. The van der Waals surface area contributed by atoms with Crippen LogP contribution in [0.15, 0.2) is 18.2 Å². The Labute approximate surface area is 208 Å². The highest BCUT2D eigenvalue weighted by atomic mass is 16.6. The highest BCUT2D eigenvalue weighted by Crippen LogP contribution is 2.30. The maximum Gasteiger partial charge on any atom is 0.420 e. The van der Waals surface area contributed by atoms with Crippen LogP contribution in [0, 0.1) is 17.0 Å². The first-order chi connectivity index (χ1) is 16.5. The van der Waals surface area contributed by atoms with E-state index in [1.165, 1.54) is 22.8 Å². The van der Waals surface area contributed by atoms with Crippen LogP contribution in [0.4, 0.5) is 15.3 Å². The molecule has 0 fully saturated rings. The first-order valence-electron chi connectivity index (χ1n) is 11.1. The standard InChI is InChI=1S/C24H31N3O9/c1-14-17(13-28)16-11-15(27(32)33)9-10-18(16)25(14)12-19(20(29)34-8)26(21(30)35-23(2,3)4)22(31)36-24(5,6)7/h9-11,13,19H,12H2,1-8H3. The number of amides is 2. The summed E-state index contributed by atoms with van der Waals surface area (Å²) in [6, 6.07) is 2.37. The van der Waals surface area contributed by atoms with E-state index in [0.717, 1.165) is 7.11 Å². The van der Waals surface area contributed by atoms with Crippen molar-refractivity contribution in [2.75, 3.05) is 7.11 Å². The summed E-state index contributed by atoms with van der Waals surface area (Å²) in [5.74, 6) is -0.942. The zero-order valence-corrected chi connectivity index (χ0v) is 21.6. The fourth-order valence-corrected chi connectivity index (χ4v) is 3.52. The molecule has 12 heteroatoms. The molecule has 0 N–H and O–H groups in total. The van der Waals surface area contributed by atoms with Gasteiger partial charge >= 0.3 is 18.2 Å². The number of rotatable bonds is 6. The molecule has 12 nitrogen and oxygen atoms in total. The van der Waals surface area contributed by atoms with Crippen molar-refractivity contribution in [3.05, 3.63) is 39.6 Å². The Balaban J connectivity index is 2.70. The zero-order valence-electron chi connectivity index (χ0n) is 21.6. The van der Waals surface area contributed by atoms with Crippen molar-refractivity contribution >= 4 is 41.0 Å². The molecular weight excluding hydrogens is 474 g/mol. The number of aromatic nitrogens is 1. The van der Waals surface area contributed by atoms with E-state index in [1.54, 1.807) is 48.5 Å². The summed E-state index contributed by atoms with van der Waals surface area (Å²) in [6.45, 7) is 10.8. The van der Waals surface area contributed by atoms with E-state index in [4.69, 9.17) is 14.2 Å². The smallest absolute Gasteiger partial charge is 0.420 e. The van der Waals surface area contributed by atoms with E-state index in [9.17, 15) is 29.3 Å². The van der Waals surface area contributed by atoms with E-state index < -0.39 is 40.3 Å². The number of nitro groups is 1. The predicted molar refractivity (Wildman–Crippen MR) is 129 cm³/mol. The number of benzene rings is 1. The van der Waals surface area contributed by atoms with Gasteiger partial charge in [0.1, 0.15) is 11.2 Å². The van der Waals surface area contributed by atoms with Gasteiger partial charge in [0.25, 0.3) is 5.69 Å². The molecule has 1 heterocycles. The van der Waals surface area contributed by atoms with Crippen LogP contribution in [0.2, 0.25) is 0 Å². The number of aldehydes is 1. The van der Waals surface area contributed by atoms with Crippen LogP contribution in [0.3, 0.4) is 0 Å². The maximum absolute atomic E-state index is 13.1. The number of carbonyl (C=O) groups is 4. The topological polar surface area (TPSA) is 147 Å². The summed E-state index contributed by atoms with van der Waals surface area (Å²) in [4.78, 5) is 62.2. The largest absolute Gasteiger partial charge is 0.467 e. The van der Waals surface area contributed by atoms with Crippen molar-refractivity contribution in [3.8, 4) is 0 Å². The fourth-order valence-electron chi connectivity index (χ4n) is 3.52. The molecule has 1 aromatic heterocycles. The fraction of sp³-hybridized carbons (Fsp3) is 0.500. The number of esters is 1. The number of fused-ring (bicyclic) bond motifs is 1. The van der Waals surface area contributed by atoms with Crippen LogP contribution in [-0.2, 0) is 25.5 Å². The molecule has 1 unspecified atom stereocenters. The van der Waals surface area contributed by atoms with Gasteiger partial charge in [-0.1, -0.05) is 0 Å². The lowest BCUT2D eigenvalue weighted by molar-refractivity contribution is -0.384. The van der Waals surface area contributed by atoms with Crippen LogP contribution < -0.4 is 0 Å². The molecule has 0 aliphatic rings. The minimum Gasteiger partial charge on any atom is -0.467 e. The molecule has 0 saturated carbocycles. The first kappa shape index (κ1) is 28.3. The zero-order chi connectivity index (χ0) is 27.6. The second-order valence-corrected chi connectivity index (χ2v) is 10.1. The first-order valence-corrected chi connectivity index (χ1v) is 11.1. The molecule has 196 valence electrons. The van der Waals surface area contributed by atoms with Crippen LogP contribution >= 0.6 is 0 Å². The lowest BCUT2D eigenvalue weighted by atomic mass is 10.1. The molecule has 0 spiro atoms. The molecule has 0 saturated heterocycles. The van der Waals surface area contributed by atoms with Crippen LogP contribution in [0.5, 0.6) is 0 Å². The molecule has 36 heavy (non-hydrogen) atoms. The third-order valence-electron chi connectivity index (χ3n) is 5.01. The van der Waals surface area contributed by atoms with Crippen LogP contribution in [0.1, 0.15) is 57.6 Å². The number of non-ortho nitro benzene ring substituents is 1. The Kier molecular flexibility index (Phi) is 8.12. The molecule has 2 amide bonds. The van der Waals surface area contributed by atoms with Gasteiger partial charge in [-0.25, -0.2) is 14.4 Å². The van der Waals surface area contributed by atoms with Crippen molar-refractivity contribution in [3.63, 3.8) is 0 Å². The lowest BCUT2D eigenvalue weighted by Gasteiger charge is -2.32. The van der Waals surface area contributed by atoms with Gasteiger partial charge in [0.15, 0.2) is 12.3 Å². The molecule has 1 atom stereocenters. The second-order valence-electron chi connectivity index (χ2n) is 10.1. The third kappa shape index (κ3) is 6.37. The summed E-state index contributed by atoms with van der Waals surface area (Å²) < 4.78 is 17.1. The monoisotopic (exact) mass is 505 g/mol. The number of carbonyl (C=O) groups excluding carboxylic acids is 4. The predicted octanol–water partition coefficient (Wildman–Crippen LogP) is 4.38. The average Bonchev–Trinajstić information content (AvgIpc) is 2.99. The number of nitro benzene ring substituents is 1. The molecule has 1 aromatic carbocycles. The van der Waals surface area contributed by atoms with Crippen molar-refractivity contribution in [1.82, 2.24) is 9.47 Å². The van der Waals surface area contributed by atoms with Gasteiger partial charge < -0.3 is 18.8 Å². The highest BCUT2D eigenvalue weighted by molar-refractivity contribution is 6.00. The average molecular weight is 506 g/mol. The van der Waals surface area contributed by atoms with Crippen LogP contribution in [0.25, 0.3) is 10.9 Å². The van der Waals surface area contributed by atoms with Gasteiger partial charge in [-0.2, -0.15) is 4.90 Å². The lowest BCUT2D eigenvalue weighted by Crippen LogP contribution is -2.53. The molecular formula is C24H31N3O9. The van der Waals surface area contributed by atoms with Gasteiger partial charge in [0.2, 0.25) is 0 Å². The Hall–Kier alpha value is -3.96. The molecule has 0 bridgehead atoms. The molecule has 2 aromatic rings. The van der Waals surface area contributed by atoms with E-state index in [-0.39, 0.29) is 23.2 Å². The van der Waals surface area contributed by atoms with Crippen LogP contribution in [-0.4, -0.2) is 63.2 Å². The summed E-state index contributed by atoms with van der Waals surface area (Å²) in [5.41, 5.74) is -1.32. The van der Waals surface area contributed by atoms with Crippen molar-refractivity contribution in [2.24, 2.45) is 0 Å². The Morgan fingerprint density at radius 1 is 1.08 bits per heavy atom. The second kappa shape index (κ2) is 10.3. The number of methoxy groups -OCH3 is 1. The van der Waals surface area contributed by atoms with Gasteiger partial charge in [0.05, 0.1) is 18.6 Å². The van der Waals surface area contributed by atoms with E-state index >= 15 is 0 Å². The van der Waals surface area contributed by atoms with Crippen molar-refractivity contribution in [1.29, 1.82) is 0 Å². The number of nitrogens with zero attached hydrogens (tertiary/aromatic N) is 3. The van der Waals surface area contributed by atoms with E-state index in [0.29, 0.717) is 22.4 Å². The maximum atomic E-state index is 13.1. The van der Waals surface area contributed by atoms with E-state index in [1.807, 2.05) is 0 Å². The molecule has 0 aliphatic heterocycles. The number of hydrogen-bond acceptors (Lipinski definition) is 9. The minimum absolute atomic E-state index is 0.165. The van der Waals surface area contributed by atoms with Crippen molar-refractivity contribution in [2.45, 2.75) is 72.3 Å². The number of ether oxygens (including phenoxy) is 3. The summed E-state index contributed by atoms with van der Waals surface area (Å²) in [7, 11) is 1.10. The highest BCUT2D eigenvalue weighted by Gasteiger charge is 2.41. The number of imide groups is 1. The molecule has 0 radical (unpaired) electrons. The number of hydrogen-bond donors (Lipinski definition) is 0. The Bertz CT molecular complexity index is 1170. The Morgan fingerprint density at radius 3 is 2.03 bits per heavy atom. The third-order valence-corrected chi connectivity index (χ3v) is 5.01. The van der Waals surface area contributed by atoms with Gasteiger partial charge in [0, 0.05) is 34.3 Å². The SMILES string of the molecule is COC(=O)C(Cn1c(C)c(C=O)c2cc([N+](=O)[O-])ccc21)N(C(=O)OC(C)(C)C)C(=O)OC(C)(C)C. The minimum atomic E-state index is -1.55. The molecule has 2 rings (SSSR count). The van der Waals surface area contributed by atoms with Gasteiger partial charge in [-0.15, -0.1) is 0 Å². The van der Waals surface area contributed by atoms with Gasteiger partial charge in [-0.05, 0) is 54.5 Å². The normalized spacial score (nSPS) is 12.6. The summed E-state index contributed by atoms with van der Waals surface area (Å²) in [5, 5.41) is 11.5. The van der Waals surface area contributed by atoms with E-state index in [2.05, 4.69) is 0 Å². The summed E-state index contributed by atoms with van der Waals surface area (Å²) >= 11 is 0. The Morgan fingerprint density at radius 2 is 1.61 bits per heavy atom. The van der Waals surface area contributed by atoms with Crippen molar-refractivity contribution < 1.29 is 38.3 Å². The molecule has 0 aliphatic carbocycles.